The molecular weight excluding hydrogens is 877 g/mol. The molecule has 0 aromatic heterocycles. The van der Waals surface area contributed by atoms with Crippen LogP contribution in [0.3, 0.4) is 0 Å². The van der Waals surface area contributed by atoms with Gasteiger partial charge in [0.1, 0.15) is 42.3 Å². The summed E-state index contributed by atoms with van der Waals surface area (Å²) in [5, 5.41) is 49.3. The molecule has 1 heterocycles. The number of carbonyl (C=O) groups excluding carboxylic acids is 9. The molecule has 67 heavy (non-hydrogen) atoms. The van der Waals surface area contributed by atoms with Crippen LogP contribution >= 0.6 is 0 Å². The number of hydrogen-bond acceptors (Lipinski definition) is 13. The lowest BCUT2D eigenvalue weighted by Gasteiger charge is -2.32. The number of aliphatic hydroxyl groups excluding tert-OH is 2. The second-order valence-electron chi connectivity index (χ2n) is 18.5. The Morgan fingerprint density at radius 3 is 1.60 bits per heavy atom. The molecule has 13 N–H and O–H groups in total. The molecule has 0 unspecified atom stereocenters. The van der Waals surface area contributed by atoms with Gasteiger partial charge in [0.15, 0.2) is 0 Å². The predicted octanol–water partition coefficient (Wildman–Crippen LogP) is -2.65. The Kier molecular flexibility index (Phi) is 25.5. The van der Waals surface area contributed by atoms with Gasteiger partial charge in [-0.25, -0.2) is 4.79 Å². The van der Waals surface area contributed by atoms with E-state index in [1.807, 2.05) is 20.8 Å². The average molecular weight is 955 g/mol. The maximum Gasteiger partial charge on any atom is 0.326 e. The van der Waals surface area contributed by atoms with Crippen molar-refractivity contribution >= 4 is 59.1 Å². The molecule has 1 aliphatic rings. The number of aliphatic hydroxyl groups is 2. The molecule has 0 bridgehead atoms. The van der Waals surface area contributed by atoms with Crippen LogP contribution in [0.1, 0.15) is 108 Å². The van der Waals surface area contributed by atoms with E-state index in [4.69, 9.17) is 5.73 Å². The van der Waals surface area contributed by atoms with Crippen LogP contribution in [0.2, 0.25) is 0 Å². The SMILES string of the molecule is CC[C@H](C)[C@H](N)C(=O)N[C@H](C(=O)N[C@@H](CO)C(=O)NCC(=O)N[C@H](C(=O)NCC(=O)N[C@H](C(=O)N[C@@H](CC(C)C)C(=O)N1CCC[C@H]1C(=O)N[C@H](C(=O)O)C(C)C)C(C)C)[C@@H](C)CC)[C@@H](C)O. The number of carbonyl (C=O) groups is 10. The number of amides is 9. The Labute approximate surface area is 393 Å². The Hall–Kier alpha value is -5.42. The maximum absolute atomic E-state index is 13.9. The number of nitrogens with two attached hydrogens (primary N) is 1. The third-order valence-electron chi connectivity index (χ3n) is 11.8. The van der Waals surface area contributed by atoms with Crippen molar-refractivity contribution in [3.63, 3.8) is 0 Å². The minimum Gasteiger partial charge on any atom is -0.480 e. The van der Waals surface area contributed by atoms with Gasteiger partial charge >= 0.3 is 5.97 Å². The Bertz CT molecular complexity index is 1730. The van der Waals surface area contributed by atoms with Gasteiger partial charge in [-0.2, -0.15) is 0 Å². The molecule has 0 saturated carbocycles. The average Bonchev–Trinajstić information content (AvgIpc) is 3.76. The minimum atomic E-state index is -1.60. The summed E-state index contributed by atoms with van der Waals surface area (Å²) in [5.74, 6) is -9.81. The van der Waals surface area contributed by atoms with Crippen molar-refractivity contribution in [1.82, 2.24) is 47.4 Å². The van der Waals surface area contributed by atoms with Crippen LogP contribution in [0.25, 0.3) is 0 Å². The van der Waals surface area contributed by atoms with Crippen molar-refractivity contribution in [2.45, 2.75) is 163 Å². The first kappa shape index (κ1) is 59.6. The standard InChI is InChI=1S/C44H78N10O13/c1-12-24(9)32(45)39(61)53-36(26(11)56)42(64)49-28(20-55)37(59)46-18-31(58)51-35(25(10)13-2)40(62)47-19-30(57)50-33(22(5)6)41(63)48-27(17-21(3)4)43(65)54-16-14-15-29(54)38(60)52-34(23(7)8)44(66)67/h21-29,32-36,55-56H,12-20,45H2,1-11H3,(H,46,59)(H,47,62)(H,48,63)(H,49,64)(H,50,57)(H,51,58)(H,52,60)(H,53,61)(H,66,67)/t24-,25-,26+,27-,28-,29-,32-,33-,34-,35-,36-/m0/s1. The van der Waals surface area contributed by atoms with E-state index in [0.717, 1.165) is 0 Å². The summed E-state index contributed by atoms with van der Waals surface area (Å²) in [6.07, 6.45) is 0.532. The molecule has 0 aromatic rings. The van der Waals surface area contributed by atoms with Gasteiger partial charge in [-0.05, 0) is 55.8 Å². The van der Waals surface area contributed by atoms with Crippen LogP contribution in [-0.2, 0) is 47.9 Å². The van der Waals surface area contributed by atoms with Gasteiger partial charge in [-0.15, -0.1) is 0 Å². The first-order valence-electron chi connectivity index (χ1n) is 23.2. The van der Waals surface area contributed by atoms with Crippen molar-refractivity contribution in [2.24, 2.45) is 35.3 Å². The zero-order valence-electron chi connectivity index (χ0n) is 40.9. The monoisotopic (exact) mass is 955 g/mol. The number of carboxylic acid groups (broad SMARTS) is 1. The zero-order chi connectivity index (χ0) is 51.5. The number of hydrogen-bond donors (Lipinski definition) is 12. The quantitative estimate of drug-likeness (QED) is 0.0382. The van der Waals surface area contributed by atoms with E-state index in [1.54, 1.807) is 48.5 Å². The Morgan fingerprint density at radius 2 is 1.12 bits per heavy atom. The van der Waals surface area contributed by atoms with Crippen LogP contribution < -0.4 is 48.3 Å². The van der Waals surface area contributed by atoms with E-state index in [-0.39, 0.29) is 24.8 Å². The van der Waals surface area contributed by atoms with Crippen LogP contribution in [0.15, 0.2) is 0 Å². The van der Waals surface area contributed by atoms with Crippen LogP contribution in [-0.4, -0.2) is 160 Å². The highest BCUT2D eigenvalue weighted by Crippen LogP contribution is 2.22. The Morgan fingerprint density at radius 1 is 0.612 bits per heavy atom. The zero-order valence-corrected chi connectivity index (χ0v) is 40.9. The molecule has 9 amide bonds. The summed E-state index contributed by atoms with van der Waals surface area (Å²) < 4.78 is 0. The number of likely N-dealkylation sites (tertiary alicyclic amines) is 1. The summed E-state index contributed by atoms with van der Waals surface area (Å²) in [7, 11) is 0. The molecule has 0 aromatic carbocycles. The van der Waals surface area contributed by atoms with Crippen molar-refractivity contribution in [1.29, 1.82) is 0 Å². The molecule has 11 atom stereocenters. The van der Waals surface area contributed by atoms with E-state index < -0.39 is 151 Å². The van der Waals surface area contributed by atoms with Gasteiger partial charge in [0.05, 0.1) is 31.8 Å². The molecule has 1 aliphatic heterocycles. The lowest BCUT2D eigenvalue weighted by Crippen LogP contribution is -2.60. The molecule has 0 radical (unpaired) electrons. The predicted molar refractivity (Wildman–Crippen MR) is 245 cm³/mol. The molecular formula is C44H78N10O13. The number of nitrogens with one attached hydrogen (secondary N) is 8. The van der Waals surface area contributed by atoms with Gasteiger partial charge in [-0.3, -0.25) is 43.2 Å². The van der Waals surface area contributed by atoms with E-state index in [2.05, 4.69) is 42.5 Å². The summed E-state index contributed by atoms with van der Waals surface area (Å²) in [6.45, 7) is 16.5. The van der Waals surface area contributed by atoms with Crippen molar-refractivity contribution in [2.75, 3.05) is 26.2 Å². The highest BCUT2D eigenvalue weighted by atomic mass is 16.4. The number of nitrogens with zero attached hydrogens (tertiary/aromatic N) is 1. The van der Waals surface area contributed by atoms with Gasteiger partial charge in [-0.1, -0.05) is 82.1 Å². The molecule has 1 rings (SSSR count). The minimum absolute atomic E-state index is 0.0833. The topological polar surface area (TPSA) is 357 Å². The molecule has 1 saturated heterocycles. The second kappa shape index (κ2) is 28.7. The van der Waals surface area contributed by atoms with Crippen molar-refractivity contribution in [3.8, 4) is 0 Å². The lowest BCUT2D eigenvalue weighted by molar-refractivity contribution is -0.146. The number of rotatable bonds is 28. The van der Waals surface area contributed by atoms with E-state index in [0.29, 0.717) is 25.7 Å². The molecule has 0 spiro atoms. The van der Waals surface area contributed by atoms with Gasteiger partial charge in [0.25, 0.3) is 0 Å². The molecule has 0 aliphatic carbocycles. The largest absolute Gasteiger partial charge is 0.480 e. The molecule has 23 nitrogen and oxygen atoms in total. The van der Waals surface area contributed by atoms with Gasteiger partial charge in [0, 0.05) is 6.54 Å². The first-order valence-corrected chi connectivity index (χ1v) is 23.2. The van der Waals surface area contributed by atoms with Crippen molar-refractivity contribution < 1.29 is 63.3 Å². The molecule has 382 valence electrons. The van der Waals surface area contributed by atoms with Gasteiger partial charge < -0.3 is 68.5 Å². The van der Waals surface area contributed by atoms with E-state index >= 15 is 0 Å². The third-order valence-corrected chi connectivity index (χ3v) is 11.8. The van der Waals surface area contributed by atoms with E-state index in [9.17, 15) is 63.3 Å². The van der Waals surface area contributed by atoms with E-state index in [1.165, 1.54) is 11.8 Å². The highest BCUT2D eigenvalue weighted by molar-refractivity contribution is 5.97. The lowest BCUT2D eigenvalue weighted by atomic mass is 9.98. The third kappa shape index (κ3) is 19.0. The normalized spacial score (nSPS) is 18.2. The summed E-state index contributed by atoms with van der Waals surface area (Å²) in [5.41, 5.74) is 5.93. The number of carboxylic acids is 1. The molecule has 1 fully saturated rings. The fourth-order valence-electron chi connectivity index (χ4n) is 7.10. The van der Waals surface area contributed by atoms with Crippen LogP contribution in [0.4, 0.5) is 0 Å². The first-order chi connectivity index (χ1) is 31.2. The Balaban J connectivity index is 2.97. The molecule has 23 heteroatoms. The second-order valence-corrected chi connectivity index (χ2v) is 18.5. The van der Waals surface area contributed by atoms with Gasteiger partial charge in [0.2, 0.25) is 53.2 Å². The maximum atomic E-state index is 13.9. The summed E-state index contributed by atoms with van der Waals surface area (Å²) >= 11 is 0. The van der Waals surface area contributed by atoms with Crippen LogP contribution in [0, 0.1) is 29.6 Å². The number of aliphatic carboxylic acids is 1. The fourth-order valence-corrected chi connectivity index (χ4v) is 7.10. The smallest absolute Gasteiger partial charge is 0.326 e. The highest BCUT2D eigenvalue weighted by Gasteiger charge is 2.40. The summed E-state index contributed by atoms with van der Waals surface area (Å²) in [6, 6.07) is -9.67. The fraction of sp³-hybridized carbons (Fsp3) is 0.773. The van der Waals surface area contributed by atoms with Crippen molar-refractivity contribution in [3.05, 3.63) is 0 Å². The van der Waals surface area contributed by atoms with Crippen LogP contribution in [0.5, 0.6) is 0 Å². The summed E-state index contributed by atoms with van der Waals surface area (Å²) in [4.78, 5) is 132.